The van der Waals surface area contributed by atoms with Crippen molar-refractivity contribution in [3.8, 4) is 0 Å². The summed E-state index contributed by atoms with van der Waals surface area (Å²) in [6.07, 6.45) is 2.85. The van der Waals surface area contributed by atoms with Crippen LogP contribution in [0.4, 0.5) is 0 Å². The first-order chi connectivity index (χ1) is 11.5. The molecule has 0 fully saturated rings. The smallest absolute Gasteiger partial charge is 0.264 e. The molecule has 0 atom stereocenters. The predicted octanol–water partition coefficient (Wildman–Crippen LogP) is 1.06. The lowest BCUT2D eigenvalue weighted by atomic mass is 10.1. The molecule has 0 aliphatic heterocycles. The first kappa shape index (κ1) is 15.9. The average Bonchev–Trinajstić information content (AvgIpc) is 2.91. The van der Waals surface area contributed by atoms with E-state index in [1.165, 1.54) is 27.3 Å². The number of rotatable bonds is 4. The minimum Gasteiger partial charge on any atom is -0.350 e. The van der Waals surface area contributed by atoms with Crippen LogP contribution in [0, 0.1) is 13.8 Å². The molecular formula is C17H19N5O2. The summed E-state index contributed by atoms with van der Waals surface area (Å²) in [7, 11) is 1.72. The molecule has 3 rings (SSSR count). The van der Waals surface area contributed by atoms with E-state index in [1.807, 2.05) is 26.0 Å². The lowest BCUT2D eigenvalue weighted by molar-refractivity contribution is -0.121. The summed E-state index contributed by atoms with van der Waals surface area (Å²) in [5.74, 6) is -0.234. The van der Waals surface area contributed by atoms with Gasteiger partial charge < -0.3 is 5.32 Å². The number of nitrogens with zero attached hydrogens (tertiary/aromatic N) is 4. The Balaban J connectivity index is 1.71. The quantitative estimate of drug-likeness (QED) is 0.778. The predicted molar refractivity (Wildman–Crippen MR) is 90.5 cm³/mol. The second-order valence-electron chi connectivity index (χ2n) is 5.89. The Bertz CT molecular complexity index is 971. The molecule has 0 saturated carbocycles. The first-order valence-electron chi connectivity index (χ1n) is 7.65. The molecule has 1 aromatic carbocycles. The molecule has 1 N–H and O–H groups in total. The van der Waals surface area contributed by atoms with Gasteiger partial charge in [-0.25, -0.2) is 4.98 Å². The fourth-order valence-electron chi connectivity index (χ4n) is 2.63. The average molecular weight is 325 g/mol. The van der Waals surface area contributed by atoms with Crippen molar-refractivity contribution in [2.75, 3.05) is 0 Å². The van der Waals surface area contributed by atoms with Gasteiger partial charge in [-0.15, -0.1) is 0 Å². The summed E-state index contributed by atoms with van der Waals surface area (Å²) in [6.45, 7) is 4.41. The minimum atomic E-state index is -0.269. The number of carbonyl (C=O) groups is 1. The first-order valence-corrected chi connectivity index (χ1v) is 7.65. The van der Waals surface area contributed by atoms with Gasteiger partial charge in [-0.3, -0.25) is 18.8 Å². The number of amides is 1. The van der Waals surface area contributed by atoms with Crippen molar-refractivity contribution in [1.82, 2.24) is 24.6 Å². The van der Waals surface area contributed by atoms with Gasteiger partial charge in [0.15, 0.2) is 5.65 Å². The summed E-state index contributed by atoms with van der Waals surface area (Å²) in [6, 6.07) is 6.09. The van der Waals surface area contributed by atoms with Gasteiger partial charge in [-0.05, 0) is 25.0 Å². The lowest BCUT2D eigenvalue weighted by Gasteiger charge is -2.10. The molecule has 0 spiro atoms. The van der Waals surface area contributed by atoms with Crippen molar-refractivity contribution in [2.24, 2.45) is 7.05 Å². The molecule has 0 saturated heterocycles. The Morgan fingerprint density at radius 3 is 2.83 bits per heavy atom. The van der Waals surface area contributed by atoms with E-state index in [1.54, 1.807) is 7.05 Å². The second-order valence-corrected chi connectivity index (χ2v) is 5.89. The van der Waals surface area contributed by atoms with Gasteiger partial charge in [-0.1, -0.05) is 23.8 Å². The van der Waals surface area contributed by atoms with E-state index >= 15 is 0 Å². The highest BCUT2D eigenvalue weighted by Gasteiger charge is 2.11. The van der Waals surface area contributed by atoms with Gasteiger partial charge >= 0.3 is 0 Å². The van der Waals surface area contributed by atoms with Crippen LogP contribution >= 0.6 is 0 Å². The Kier molecular flexibility index (Phi) is 4.16. The number of benzene rings is 1. The standard InChI is InChI=1S/C17H19N5O2/c1-11-4-5-13(12(2)6-11)7-18-15(23)9-22-10-19-16-14(17(22)24)8-20-21(16)3/h4-6,8,10H,7,9H2,1-3H3,(H,18,23). The van der Waals surface area contributed by atoms with Crippen molar-refractivity contribution in [2.45, 2.75) is 26.9 Å². The number of fused-ring (bicyclic) bond motifs is 1. The third-order valence-corrected chi connectivity index (χ3v) is 4.01. The molecule has 3 aromatic rings. The Morgan fingerprint density at radius 1 is 1.29 bits per heavy atom. The van der Waals surface area contributed by atoms with Gasteiger partial charge in [0.05, 0.1) is 6.20 Å². The van der Waals surface area contributed by atoms with E-state index in [0.717, 1.165) is 11.1 Å². The van der Waals surface area contributed by atoms with Crippen molar-refractivity contribution < 1.29 is 4.79 Å². The maximum atomic E-state index is 12.3. The summed E-state index contributed by atoms with van der Waals surface area (Å²) < 4.78 is 2.82. The van der Waals surface area contributed by atoms with Crippen molar-refractivity contribution in [3.63, 3.8) is 0 Å². The SMILES string of the molecule is Cc1ccc(CNC(=O)Cn2cnc3c(cnn3C)c2=O)c(C)c1. The zero-order valence-electron chi connectivity index (χ0n) is 13.9. The van der Waals surface area contributed by atoms with Gasteiger partial charge in [0.2, 0.25) is 5.91 Å². The lowest BCUT2D eigenvalue weighted by Crippen LogP contribution is -2.32. The highest BCUT2D eigenvalue weighted by molar-refractivity contribution is 5.77. The molecule has 7 heteroatoms. The fraction of sp³-hybridized carbons (Fsp3) is 0.294. The van der Waals surface area contributed by atoms with E-state index < -0.39 is 0 Å². The molecule has 0 radical (unpaired) electrons. The normalized spacial score (nSPS) is 11.0. The molecule has 0 aliphatic carbocycles. The molecule has 7 nitrogen and oxygen atoms in total. The maximum absolute atomic E-state index is 12.3. The van der Waals surface area contributed by atoms with E-state index in [4.69, 9.17) is 0 Å². The molecule has 24 heavy (non-hydrogen) atoms. The number of hydrogen-bond acceptors (Lipinski definition) is 4. The van der Waals surface area contributed by atoms with Crippen LogP contribution in [0.2, 0.25) is 0 Å². The third kappa shape index (κ3) is 3.05. The van der Waals surface area contributed by atoms with Crippen LogP contribution in [-0.4, -0.2) is 25.2 Å². The summed E-state index contributed by atoms with van der Waals surface area (Å²) in [5, 5.41) is 7.26. The largest absolute Gasteiger partial charge is 0.350 e. The van der Waals surface area contributed by atoms with E-state index in [9.17, 15) is 9.59 Å². The summed E-state index contributed by atoms with van der Waals surface area (Å²) >= 11 is 0. The van der Waals surface area contributed by atoms with E-state index in [-0.39, 0.29) is 18.0 Å². The molecule has 0 bridgehead atoms. The van der Waals surface area contributed by atoms with Crippen molar-refractivity contribution >= 4 is 16.9 Å². The molecule has 0 unspecified atom stereocenters. The highest BCUT2D eigenvalue weighted by atomic mass is 16.2. The van der Waals surface area contributed by atoms with Gasteiger partial charge in [0, 0.05) is 13.6 Å². The Labute approximate surface area is 138 Å². The number of aryl methyl sites for hydroxylation is 3. The molecule has 2 aromatic heterocycles. The topological polar surface area (TPSA) is 81.8 Å². The van der Waals surface area contributed by atoms with Crippen LogP contribution in [0.25, 0.3) is 11.0 Å². The van der Waals surface area contributed by atoms with Gasteiger partial charge in [-0.2, -0.15) is 5.10 Å². The minimum absolute atomic E-state index is 0.0679. The molecule has 0 aliphatic rings. The van der Waals surface area contributed by atoms with Crippen LogP contribution < -0.4 is 10.9 Å². The molecule has 1 amide bonds. The van der Waals surface area contributed by atoms with Crippen LogP contribution in [-0.2, 0) is 24.9 Å². The van der Waals surface area contributed by atoms with Crippen molar-refractivity contribution in [1.29, 1.82) is 0 Å². The third-order valence-electron chi connectivity index (χ3n) is 4.01. The van der Waals surface area contributed by atoms with E-state index in [0.29, 0.717) is 17.6 Å². The second kappa shape index (κ2) is 6.27. The number of nitrogens with one attached hydrogen (secondary N) is 1. The number of hydrogen-bond donors (Lipinski definition) is 1. The fourth-order valence-corrected chi connectivity index (χ4v) is 2.63. The maximum Gasteiger partial charge on any atom is 0.264 e. The number of aromatic nitrogens is 4. The van der Waals surface area contributed by atoms with E-state index in [2.05, 4.69) is 21.5 Å². The van der Waals surface area contributed by atoms with Crippen LogP contribution in [0.3, 0.4) is 0 Å². The summed E-state index contributed by atoms with van der Waals surface area (Å²) in [5.41, 5.74) is 3.61. The zero-order chi connectivity index (χ0) is 17.3. The molecule has 124 valence electrons. The monoisotopic (exact) mass is 325 g/mol. The molecule has 2 heterocycles. The molecular weight excluding hydrogens is 306 g/mol. The highest BCUT2D eigenvalue weighted by Crippen LogP contribution is 2.10. The van der Waals surface area contributed by atoms with Crippen LogP contribution in [0.1, 0.15) is 16.7 Å². The summed E-state index contributed by atoms with van der Waals surface area (Å²) in [4.78, 5) is 28.7. The zero-order valence-corrected chi connectivity index (χ0v) is 13.9. The number of carbonyl (C=O) groups excluding carboxylic acids is 1. The van der Waals surface area contributed by atoms with Crippen LogP contribution in [0.5, 0.6) is 0 Å². The Morgan fingerprint density at radius 2 is 2.08 bits per heavy atom. The van der Waals surface area contributed by atoms with Gasteiger partial charge in [0.1, 0.15) is 18.3 Å². The Hall–Kier alpha value is -2.96. The van der Waals surface area contributed by atoms with Crippen LogP contribution in [0.15, 0.2) is 35.5 Å². The van der Waals surface area contributed by atoms with Crippen molar-refractivity contribution in [3.05, 3.63) is 57.8 Å². The van der Waals surface area contributed by atoms with Gasteiger partial charge in [0.25, 0.3) is 5.56 Å².